The van der Waals surface area contributed by atoms with Crippen molar-refractivity contribution in [3.8, 4) is 5.75 Å². The van der Waals surface area contributed by atoms with E-state index in [-0.39, 0.29) is 23.2 Å². The van der Waals surface area contributed by atoms with E-state index >= 15 is 0 Å². The predicted molar refractivity (Wildman–Crippen MR) is 84.0 cm³/mol. The maximum atomic E-state index is 12.0. The normalized spacial score (nSPS) is 18.4. The Morgan fingerprint density at radius 2 is 1.95 bits per heavy atom. The Bertz CT molecular complexity index is 464. The molecule has 1 saturated carbocycles. The molecule has 116 valence electrons. The molecule has 0 spiro atoms. The van der Waals surface area contributed by atoms with Gasteiger partial charge in [0.1, 0.15) is 5.75 Å². The second kappa shape index (κ2) is 6.94. The average molecular weight is 290 g/mol. The highest BCUT2D eigenvalue weighted by molar-refractivity contribution is 5.77. The summed E-state index contributed by atoms with van der Waals surface area (Å²) in [5.41, 5.74) is 7.12. The Kier molecular flexibility index (Phi) is 5.23. The molecule has 4 nitrogen and oxygen atoms in total. The van der Waals surface area contributed by atoms with E-state index in [0.29, 0.717) is 6.42 Å². The molecule has 4 heteroatoms. The number of phenols is 1. The third kappa shape index (κ3) is 5.05. The molecule has 21 heavy (non-hydrogen) atoms. The number of carbonyl (C=O) groups is 1. The predicted octanol–water partition coefficient (Wildman–Crippen LogP) is 2.49. The van der Waals surface area contributed by atoms with Crippen molar-refractivity contribution in [2.24, 2.45) is 5.73 Å². The molecule has 4 N–H and O–H groups in total. The second-order valence-electron chi connectivity index (χ2n) is 6.42. The minimum absolute atomic E-state index is 0.0672. The highest BCUT2D eigenvalue weighted by atomic mass is 16.3. The maximum Gasteiger partial charge on any atom is 0.222 e. The Morgan fingerprint density at radius 1 is 1.33 bits per heavy atom. The van der Waals surface area contributed by atoms with Gasteiger partial charge in [-0.05, 0) is 50.3 Å². The van der Waals surface area contributed by atoms with E-state index in [1.54, 1.807) is 12.1 Å². The van der Waals surface area contributed by atoms with Gasteiger partial charge in [0.15, 0.2) is 0 Å². The minimum atomic E-state index is -0.277. The van der Waals surface area contributed by atoms with Gasteiger partial charge in [-0.15, -0.1) is 0 Å². The summed E-state index contributed by atoms with van der Waals surface area (Å²) in [6.45, 7) is 2.02. The molecule has 0 heterocycles. The van der Waals surface area contributed by atoms with Gasteiger partial charge in [0.05, 0.1) is 0 Å². The molecule has 1 fully saturated rings. The van der Waals surface area contributed by atoms with Crippen LogP contribution >= 0.6 is 0 Å². The lowest BCUT2D eigenvalue weighted by Gasteiger charge is -2.24. The average Bonchev–Trinajstić information content (AvgIpc) is 2.84. The summed E-state index contributed by atoms with van der Waals surface area (Å²) in [5.74, 6) is 0.350. The zero-order valence-electron chi connectivity index (χ0n) is 12.8. The molecule has 1 aromatic rings. The summed E-state index contributed by atoms with van der Waals surface area (Å²) in [6.07, 6.45) is 6.41. The number of aryl methyl sites for hydroxylation is 1. The summed E-state index contributed by atoms with van der Waals surface area (Å²) in [5, 5.41) is 12.3. The standard InChI is InChI=1S/C17H26N2O2/c1-13(4-5-14-6-8-15(20)9-7-14)19-16(21)12-17(18)10-2-3-11-17/h6-9,13,20H,2-5,10-12,18H2,1H3,(H,19,21). The van der Waals surface area contributed by atoms with Crippen LogP contribution in [-0.4, -0.2) is 22.6 Å². The third-order valence-electron chi connectivity index (χ3n) is 4.32. The van der Waals surface area contributed by atoms with Gasteiger partial charge in [-0.2, -0.15) is 0 Å². The van der Waals surface area contributed by atoms with Crippen LogP contribution in [0.1, 0.15) is 51.0 Å². The van der Waals surface area contributed by atoms with Crippen LogP contribution in [0.5, 0.6) is 5.75 Å². The molecule has 0 bridgehead atoms. The maximum absolute atomic E-state index is 12.0. The number of carbonyl (C=O) groups excluding carboxylic acids is 1. The van der Waals surface area contributed by atoms with E-state index in [0.717, 1.165) is 38.5 Å². The molecule has 1 atom stereocenters. The van der Waals surface area contributed by atoms with Crippen molar-refractivity contribution < 1.29 is 9.90 Å². The molecule has 1 aliphatic carbocycles. The number of rotatable bonds is 6. The van der Waals surface area contributed by atoms with E-state index in [2.05, 4.69) is 5.32 Å². The Labute approximate surface area is 126 Å². The number of hydrogen-bond acceptors (Lipinski definition) is 3. The van der Waals surface area contributed by atoms with Crippen molar-refractivity contribution in [1.82, 2.24) is 5.32 Å². The van der Waals surface area contributed by atoms with Crippen molar-refractivity contribution in [3.63, 3.8) is 0 Å². The number of aromatic hydroxyl groups is 1. The first kappa shape index (κ1) is 15.8. The van der Waals surface area contributed by atoms with Gasteiger partial charge < -0.3 is 16.2 Å². The molecule has 0 aliphatic heterocycles. The number of nitrogens with two attached hydrogens (primary N) is 1. The van der Waals surface area contributed by atoms with E-state index < -0.39 is 0 Å². The van der Waals surface area contributed by atoms with Gasteiger partial charge in [-0.3, -0.25) is 4.79 Å². The van der Waals surface area contributed by atoms with Crippen LogP contribution in [0.2, 0.25) is 0 Å². The third-order valence-corrected chi connectivity index (χ3v) is 4.32. The summed E-state index contributed by atoms with van der Waals surface area (Å²) in [4.78, 5) is 12.0. The lowest BCUT2D eigenvalue weighted by molar-refractivity contribution is -0.122. The van der Waals surface area contributed by atoms with Crippen molar-refractivity contribution in [2.75, 3.05) is 0 Å². The van der Waals surface area contributed by atoms with Gasteiger partial charge >= 0.3 is 0 Å². The van der Waals surface area contributed by atoms with Crippen LogP contribution in [0.3, 0.4) is 0 Å². The molecule has 0 saturated heterocycles. The second-order valence-corrected chi connectivity index (χ2v) is 6.42. The van der Waals surface area contributed by atoms with E-state index in [1.807, 2.05) is 19.1 Å². The monoisotopic (exact) mass is 290 g/mol. The molecule has 2 rings (SSSR count). The molecular formula is C17H26N2O2. The van der Waals surface area contributed by atoms with Crippen molar-refractivity contribution >= 4 is 5.91 Å². The fourth-order valence-electron chi connectivity index (χ4n) is 3.02. The van der Waals surface area contributed by atoms with Crippen LogP contribution in [0.25, 0.3) is 0 Å². The molecule has 0 aromatic heterocycles. The largest absolute Gasteiger partial charge is 0.508 e. The smallest absolute Gasteiger partial charge is 0.222 e. The molecule has 1 aliphatic rings. The molecule has 1 unspecified atom stereocenters. The zero-order valence-corrected chi connectivity index (χ0v) is 12.8. The minimum Gasteiger partial charge on any atom is -0.508 e. The van der Waals surface area contributed by atoms with Crippen molar-refractivity contribution in [1.29, 1.82) is 0 Å². The lowest BCUT2D eigenvalue weighted by Crippen LogP contribution is -2.44. The van der Waals surface area contributed by atoms with Crippen molar-refractivity contribution in [2.45, 2.75) is 63.5 Å². The highest BCUT2D eigenvalue weighted by Crippen LogP contribution is 2.29. The number of phenolic OH excluding ortho intramolecular Hbond substituents is 1. The Balaban J connectivity index is 1.72. The fourth-order valence-corrected chi connectivity index (χ4v) is 3.02. The first-order chi connectivity index (χ1) is 9.97. The number of hydrogen-bond donors (Lipinski definition) is 3. The first-order valence-electron chi connectivity index (χ1n) is 7.83. The topological polar surface area (TPSA) is 75.3 Å². The van der Waals surface area contributed by atoms with Gasteiger partial charge in [0.2, 0.25) is 5.91 Å². The van der Waals surface area contributed by atoms with Gasteiger partial charge in [-0.25, -0.2) is 0 Å². The van der Waals surface area contributed by atoms with Crippen LogP contribution in [0, 0.1) is 0 Å². The fraction of sp³-hybridized carbons (Fsp3) is 0.588. The Morgan fingerprint density at radius 3 is 2.57 bits per heavy atom. The van der Waals surface area contributed by atoms with E-state index in [9.17, 15) is 9.90 Å². The van der Waals surface area contributed by atoms with E-state index in [1.165, 1.54) is 5.56 Å². The lowest BCUT2D eigenvalue weighted by atomic mass is 9.94. The van der Waals surface area contributed by atoms with Crippen LogP contribution in [-0.2, 0) is 11.2 Å². The van der Waals surface area contributed by atoms with Gasteiger partial charge in [0.25, 0.3) is 0 Å². The quantitative estimate of drug-likeness (QED) is 0.753. The molecular weight excluding hydrogens is 264 g/mol. The van der Waals surface area contributed by atoms with Gasteiger partial charge in [-0.1, -0.05) is 25.0 Å². The zero-order chi connectivity index (χ0) is 15.3. The summed E-state index contributed by atoms with van der Waals surface area (Å²) < 4.78 is 0. The first-order valence-corrected chi connectivity index (χ1v) is 7.83. The van der Waals surface area contributed by atoms with Crippen LogP contribution in [0.15, 0.2) is 24.3 Å². The van der Waals surface area contributed by atoms with Crippen LogP contribution < -0.4 is 11.1 Å². The molecule has 1 aromatic carbocycles. The summed E-state index contributed by atoms with van der Waals surface area (Å²) in [7, 11) is 0. The van der Waals surface area contributed by atoms with Crippen LogP contribution in [0.4, 0.5) is 0 Å². The van der Waals surface area contributed by atoms with E-state index in [4.69, 9.17) is 5.73 Å². The molecule has 0 radical (unpaired) electrons. The Hall–Kier alpha value is -1.55. The highest BCUT2D eigenvalue weighted by Gasteiger charge is 2.31. The molecule has 1 amide bonds. The number of amides is 1. The van der Waals surface area contributed by atoms with Gasteiger partial charge in [0, 0.05) is 18.0 Å². The summed E-state index contributed by atoms with van der Waals surface area (Å²) in [6, 6.07) is 7.35. The number of nitrogens with one attached hydrogen (secondary N) is 1. The summed E-state index contributed by atoms with van der Waals surface area (Å²) >= 11 is 0. The number of benzene rings is 1. The SMILES string of the molecule is CC(CCc1ccc(O)cc1)NC(=O)CC1(N)CCCC1. The van der Waals surface area contributed by atoms with Crippen molar-refractivity contribution in [3.05, 3.63) is 29.8 Å².